The second-order valence-corrected chi connectivity index (χ2v) is 5.17. The molecule has 1 aromatic rings. The number of hydrogen-bond acceptors (Lipinski definition) is 4. The molecule has 0 aliphatic heterocycles. The zero-order valence-corrected chi connectivity index (χ0v) is 11.7. The molecule has 0 spiro atoms. The van der Waals surface area contributed by atoms with Crippen LogP contribution >= 0.6 is 15.9 Å². The van der Waals surface area contributed by atoms with E-state index in [1.54, 1.807) is 18.3 Å². The van der Waals surface area contributed by atoms with Gasteiger partial charge >= 0.3 is 0 Å². The van der Waals surface area contributed by atoms with Gasteiger partial charge in [0.2, 0.25) is 0 Å². The van der Waals surface area contributed by atoms with Crippen LogP contribution in [0, 0.1) is 0 Å². The fourth-order valence-corrected chi connectivity index (χ4v) is 2.20. The van der Waals surface area contributed by atoms with Crippen LogP contribution < -0.4 is 11.1 Å². The molecule has 98 valence electrons. The van der Waals surface area contributed by atoms with Crippen molar-refractivity contribution in [2.45, 2.75) is 31.5 Å². The van der Waals surface area contributed by atoms with Gasteiger partial charge in [-0.3, -0.25) is 4.79 Å². The van der Waals surface area contributed by atoms with Crippen LogP contribution in [0.5, 0.6) is 0 Å². The number of amides is 1. The van der Waals surface area contributed by atoms with E-state index in [1.165, 1.54) is 0 Å². The summed E-state index contributed by atoms with van der Waals surface area (Å²) in [5, 5.41) is 2.87. The first kappa shape index (κ1) is 13.5. The number of carbonyl (C=O) groups is 1. The summed E-state index contributed by atoms with van der Waals surface area (Å²) in [7, 11) is 0. The fraction of sp³-hybridized carbons (Fsp3) is 0.500. The van der Waals surface area contributed by atoms with Gasteiger partial charge in [-0.2, -0.15) is 0 Å². The first-order valence-corrected chi connectivity index (χ1v) is 6.70. The van der Waals surface area contributed by atoms with Crippen molar-refractivity contribution < 1.29 is 9.53 Å². The lowest BCUT2D eigenvalue weighted by atomic mass is 9.83. The van der Waals surface area contributed by atoms with Crippen LogP contribution in [0.1, 0.15) is 23.8 Å². The Labute approximate surface area is 114 Å². The molecule has 0 bridgehead atoms. The third-order valence-corrected chi connectivity index (χ3v) is 3.47. The molecular weight excluding hydrogens is 298 g/mol. The topological polar surface area (TPSA) is 77.2 Å². The van der Waals surface area contributed by atoms with Gasteiger partial charge in [0.1, 0.15) is 5.69 Å². The van der Waals surface area contributed by atoms with E-state index in [0.29, 0.717) is 12.3 Å². The molecule has 1 fully saturated rings. The van der Waals surface area contributed by atoms with Gasteiger partial charge in [0.05, 0.1) is 12.1 Å². The number of ether oxygens (including phenoxy) is 1. The second kappa shape index (κ2) is 5.77. The van der Waals surface area contributed by atoms with Crippen molar-refractivity contribution in [1.82, 2.24) is 10.3 Å². The smallest absolute Gasteiger partial charge is 0.270 e. The van der Waals surface area contributed by atoms with Gasteiger partial charge in [-0.25, -0.2) is 4.98 Å². The molecule has 5 nitrogen and oxygen atoms in total. The highest BCUT2D eigenvalue weighted by molar-refractivity contribution is 9.10. The molecular formula is C12H16BrN3O2. The quantitative estimate of drug-likeness (QED) is 0.872. The van der Waals surface area contributed by atoms with Crippen LogP contribution in [-0.2, 0) is 4.74 Å². The zero-order chi connectivity index (χ0) is 13.1. The van der Waals surface area contributed by atoms with Gasteiger partial charge in [-0.05, 0) is 41.4 Å². The van der Waals surface area contributed by atoms with Gasteiger partial charge in [-0.15, -0.1) is 0 Å². The summed E-state index contributed by atoms with van der Waals surface area (Å²) in [6.45, 7) is 2.55. The number of nitrogens with one attached hydrogen (secondary N) is 1. The van der Waals surface area contributed by atoms with Gasteiger partial charge in [0.25, 0.3) is 5.91 Å². The first-order chi connectivity index (χ1) is 8.61. The molecule has 1 saturated carbocycles. The molecule has 1 heterocycles. The minimum Gasteiger partial charge on any atom is -0.376 e. The normalized spacial score (nSPS) is 26.5. The SMILES string of the molecule is CCOC1CC(N)C1NC(=O)c1ccc(Br)cn1. The minimum atomic E-state index is -0.215. The molecule has 6 heteroatoms. The number of nitrogens with two attached hydrogens (primary N) is 1. The summed E-state index contributed by atoms with van der Waals surface area (Å²) in [5.41, 5.74) is 6.25. The average Bonchev–Trinajstić information content (AvgIpc) is 2.36. The number of carbonyl (C=O) groups excluding carboxylic acids is 1. The van der Waals surface area contributed by atoms with E-state index < -0.39 is 0 Å². The van der Waals surface area contributed by atoms with Crippen molar-refractivity contribution in [1.29, 1.82) is 0 Å². The number of hydrogen-bond donors (Lipinski definition) is 2. The molecule has 0 saturated heterocycles. The largest absolute Gasteiger partial charge is 0.376 e. The lowest BCUT2D eigenvalue weighted by Gasteiger charge is -2.42. The molecule has 0 radical (unpaired) electrons. The number of nitrogens with zero attached hydrogens (tertiary/aromatic N) is 1. The van der Waals surface area contributed by atoms with Gasteiger partial charge in [0, 0.05) is 23.3 Å². The van der Waals surface area contributed by atoms with E-state index in [-0.39, 0.29) is 24.1 Å². The molecule has 3 atom stereocenters. The second-order valence-electron chi connectivity index (χ2n) is 4.25. The van der Waals surface area contributed by atoms with Crippen molar-refractivity contribution >= 4 is 21.8 Å². The van der Waals surface area contributed by atoms with E-state index in [4.69, 9.17) is 10.5 Å². The third-order valence-electron chi connectivity index (χ3n) is 3.00. The molecule has 3 unspecified atom stereocenters. The Hall–Kier alpha value is -0.980. The van der Waals surface area contributed by atoms with E-state index >= 15 is 0 Å². The van der Waals surface area contributed by atoms with E-state index in [2.05, 4.69) is 26.2 Å². The van der Waals surface area contributed by atoms with Crippen molar-refractivity contribution in [3.63, 3.8) is 0 Å². The van der Waals surface area contributed by atoms with E-state index in [0.717, 1.165) is 10.9 Å². The maximum Gasteiger partial charge on any atom is 0.270 e. The number of halogens is 1. The maximum atomic E-state index is 12.0. The molecule has 1 aliphatic rings. The predicted octanol–water partition coefficient (Wildman–Crippen LogP) is 1.08. The van der Waals surface area contributed by atoms with E-state index in [9.17, 15) is 4.79 Å². The van der Waals surface area contributed by atoms with Crippen molar-refractivity contribution in [3.8, 4) is 0 Å². The van der Waals surface area contributed by atoms with E-state index in [1.807, 2.05) is 6.92 Å². The van der Waals surface area contributed by atoms with Crippen LogP contribution in [0.15, 0.2) is 22.8 Å². The predicted molar refractivity (Wildman–Crippen MR) is 71.2 cm³/mol. The molecule has 2 rings (SSSR count). The molecule has 1 amide bonds. The van der Waals surface area contributed by atoms with Crippen molar-refractivity contribution in [3.05, 3.63) is 28.5 Å². The summed E-state index contributed by atoms with van der Waals surface area (Å²) >= 11 is 3.28. The van der Waals surface area contributed by atoms with Crippen molar-refractivity contribution in [2.24, 2.45) is 5.73 Å². The minimum absolute atomic E-state index is 0.0180. The van der Waals surface area contributed by atoms with Gasteiger partial charge in [0.15, 0.2) is 0 Å². The van der Waals surface area contributed by atoms with Crippen LogP contribution in [0.25, 0.3) is 0 Å². The van der Waals surface area contributed by atoms with Crippen LogP contribution in [0.4, 0.5) is 0 Å². The van der Waals surface area contributed by atoms with Gasteiger partial charge < -0.3 is 15.8 Å². The lowest BCUT2D eigenvalue weighted by molar-refractivity contribution is -0.0300. The highest BCUT2D eigenvalue weighted by Crippen LogP contribution is 2.22. The third kappa shape index (κ3) is 2.88. The standard InChI is InChI=1S/C12H16BrN3O2/c1-2-18-10-5-8(14)11(10)16-12(17)9-4-3-7(13)6-15-9/h3-4,6,8,10-11H,2,5,14H2,1H3,(H,16,17). The lowest BCUT2D eigenvalue weighted by Crippen LogP contribution is -2.64. The summed E-state index contributed by atoms with van der Waals surface area (Å²) in [6.07, 6.45) is 2.40. The molecule has 1 aromatic heterocycles. The Morgan fingerprint density at radius 2 is 2.44 bits per heavy atom. The Bertz CT molecular complexity index is 422. The Morgan fingerprint density at radius 1 is 1.67 bits per heavy atom. The highest BCUT2D eigenvalue weighted by Gasteiger charge is 2.40. The molecule has 0 aromatic carbocycles. The van der Waals surface area contributed by atoms with Gasteiger partial charge in [-0.1, -0.05) is 0 Å². The summed E-state index contributed by atoms with van der Waals surface area (Å²) < 4.78 is 6.33. The number of rotatable bonds is 4. The molecule has 3 N–H and O–H groups in total. The molecule has 18 heavy (non-hydrogen) atoms. The Balaban J connectivity index is 1.96. The number of aromatic nitrogens is 1. The monoisotopic (exact) mass is 313 g/mol. The van der Waals surface area contributed by atoms with Crippen LogP contribution in [0.3, 0.4) is 0 Å². The summed E-state index contributed by atoms with van der Waals surface area (Å²) in [6, 6.07) is 3.28. The fourth-order valence-electron chi connectivity index (χ4n) is 1.96. The summed E-state index contributed by atoms with van der Waals surface area (Å²) in [5.74, 6) is -0.215. The summed E-state index contributed by atoms with van der Waals surface area (Å²) in [4.78, 5) is 16.0. The van der Waals surface area contributed by atoms with Crippen LogP contribution in [-0.4, -0.2) is 35.7 Å². The number of pyridine rings is 1. The zero-order valence-electron chi connectivity index (χ0n) is 10.1. The first-order valence-electron chi connectivity index (χ1n) is 5.91. The average molecular weight is 314 g/mol. The Kier molecular flexibility index (Phi) is 4.31. The molecule has 1 aliphatic carbocycles. The maximum absolute atomic E-state index is 12.0. The highest BCUT2D eigenvalue weighted by atomic mass is 79.9. The van der Waals surface area contributed by atoms with Crippen molar-refractivity contribution in [2.75, 3.05) is 6.61 Å². The Morgan fingerprint density at radius 3 is 3.00 bits per heavy atom. The van der Waals surface area contributed by atoms with Crippen LogP contribution in [0.2, 0.25) is 0 Å².